The molecule has 1 heterocycles. The Hall–Kier alpha value is -2.08. The topological polar surface area (TPSA) is 74.3 Å². The molecule has 0 aliphatic rings. The average molecular weight is 305 g/mol. The van der Waals surface area contributed by atoms with E-state index in [9.17, 15) is 9.90 Å². The summed E-state index contributed by atoms with van der Waals surface area (Å²) in [6.45, 7) is 5.15. The minimum absolute atomic E-state index is 0.156. The van der Waals surface area contributed by atoms with E-state index in [2.05, 4.69) is 10.3 Å². The monoisotopic (exact) mass is 305 g/mol. The first-order valence-corrected chi connectivity index (χ1v) is 7.51. The summed E-state index contributed by atoms with van der Waals surface area (Å²) in [5, 5.41) is 16.0. The molecule has 2 aromatic rings. The van der Waals surface area contributed by atoms with Gasteiger partial charge in [-0.25, -0.2) is 4.98 Å². The van der Waals surface area contributed by atoms with E-state index in [-0.39, 0.29) is 6.42 Å². The van der Waals surface area contributed by atoms with Gasteiger partial charge in [-0.3, -0.25) is 0 Å². The molecule has 1 N–H and O–H groups in total. The van der Waals surface area contributed by atoms with Gasteiger partial charge < -0.3 is 20.0 Å². The van der Waals surface area contributed by atoms with Crippen LogP contribution in [0.15, 0.2) is 23.6 Å². The Bertz CT molecular complexity index is 605. The van der Waals surface area contributed by atoms with Gasteiger partial charge in [0.15, 0.2) is 5.13 Å². The third-order valence-corrected chi connectivity index (χ3v) is 3.76. The summed E-state index contributed by atoms with van der Waals surface area (Å²) in [5.41, 5.74) is 2.74. The van der Waals surface area contributed by atoms with Gasteiger partial charge in [-0.1, -0.05) is 18.2 Å². The first-order chi connectivity index (χ1) is 10.1. The Morgan fingerprint density at radius 3 is 2.76 bits per heavy atom. The number of hydrogen-bond donors (Lipinski definition) is 1. The standard InChI is InChI=1S/C15H18N2O3S/c1-10-4-3-5-11(2)14(10)20-7-6-16-15-17-12(9-21-15)8-13(18)19/h3-5,9H,6-8H2,1-2H3,(H,16,17)(H,18,19)/p-1. The van der Waals surface area contributed by atoms with E-state index in [0.717, 1.165) is 16.9 Å². The lowest BCUT2D eigenvalue weighted by molar-refractivity contribution is -0.304. The van der Waals surface area contributed by atoms with Crippen LogP contribution in [0.2, 0.25) is 0 Å². The second kappa shape index (κ2) is 7.08. The summed E-state index contributed by atoms with van der Waals surface area (Å²) in [5.74, 6) is -0.207. The number of hydrogen-bond acceptors (Lipinski definition) is 6. The van der Waals surface area contributed by atoms with E-state index in [4.69, 9.17) is 4.74 Å². The number of aryl methyl sites for hydroxylation is 2. The van der Waals surface area contributed by atoms with Crippen molar-refractivity contribution in [2.24, 2.45) is 0 Å². The summed E-state index contributed by atoms with van der Waals surface area (Å²) in [6, 6.07) is 6.04. The molecule has 0 bridgehead atoms. The number of aromatic nitrogens is 1. The lowest BCUT2D eigenvalue weighted by Crippen LogP contribution is -2.24. The molecule has 6 heteroatoms. The van der Waals surface area contributed by atoms with Crippen molar-refractivity contribution in [2.45, 2.75) is 20.3 Å². The normalized spacial score (nSPS) is 10.4. The highest BCUT2D eigenvalue weighted by atomic mass is 32.1. The lowest BCUT2D eigenvalue weighted by atomic mass is 10.1. The summed E-state index contributed by atoms with van der Waals surface area (Å²) in [7, 11) is 0. The SMILES string of the molecule is Cc1cccc(C)c1OCCNc1nc(CC(=O)[O-])cs1. The highest BCUT2D eigenvalue weighted by molar-refractivity contribution is 7.13. The summed E-state index contributed by atoms with van der Waals surface area (Å²) in [6.07, 6.45) is -0.156. The van der Waals surface area contributed by atoms with E-state index in [1.807, 2.05) is 32.0 Å². The number of carbonyl (C=O) groups is 1. The van der Waals surface area contributed by atoms with Crippen LogP contribution >= 0.6 is 11.3 Å². The second-order valence-electron chi connectivity index (χ2n) is 4.69. The number of aliphatic carboxylic acids is 1. The van der Waals surface area contributed by atoms with Crippen molar-refractivity contribution in [1.82, 2.24) is 4.98 Å². The molecule has 0 amide bonds. The molecule has 0 spiro atoms. The van der Waals surface area contributed by atoms with Crippen molar-refractivity contribution in [1.29, 1.82) is 0 Å². The van der Waals surface area contributed by atoms with Crippen LogP contribution < -0.4 is 15.2 Å². The average Bonchev–Trinajstić information content (AvgIpc) is 2.84. The minimum Gasteiger partial charge on any atom is -0.550 e. The fourth-order valence-electron chi connectivity index (χ4n) is 1.96. The first-order valence-electron chi connectivity index (χ1n) is 6.63. The number of nitrogens with zero attached hydrogens (tertiary/aromatic N) is 1. The van der Waals surface area contributed by atoms with E-state index in [0.29, 0.717) is 24.0 Å². The molecule has 0 unspecified atom stereocenters. The van der Waals surface area contributed by atoms with Crippen LogP contribution in [0, 0.1) is 13.8 Å². The molecular weight excluding hydrogens is 288 g/mol. The molecule has 21 heavy (non-hydrogen) atoms. The predicted molar refractivity (Wildman–Crippen MR) is 80.7 cm³/mol. The summed E-state index contributed by atoms with van der Waals surface area (Å²) < 4.78 is 5.77. The number of thiazole rings is 1. The maximum absolute atomic E-state index is 10.5. The quantitative estimate of drug-likeness (QED) is 0.786. The minimum atomic E-state index is -1.12. The van der Waals surface area contributed by atoms with Crippen LogP contribution in [-0.2, 0) is 11.2 Å². The van der Waals surface area contributed by atoms with E-state index >= 15 is 0 Å². The van der Waals surface area contributed by atoms with Gasteiger partial charge in [-0.05, 0) is 25.0 Å². The Morgan fingerprint density at radius 1 is 1.38 bits per heavy atom. The number of para-hydroxylation sites is 1. The maximum Gasteiger partial charge on any atom is 0.182 e. The van der Waals surface area contributed by atoms with Gasteiger partial charge in [0.05, 0.1) is 12.2 Å². The number of benzene rings is 1. The zero-order valence-corrected chi connectivity index (χ0v) is 12.8. The Morgan fingerprint density at radius 2 is 2.10 bits per heavy atom. The fourth-order valence-corrected chi connectivity index (χ4v) is 2.69. The molecule has 0 radical (unpaired) electrons. The van der Waals surface area contributed by atoms with Crippen molar-refractivity contribution < 1.29 is 14.6 Å². The van der Waals surface area contributed by atoms with Gasteiger partial charge in [0, 0.05) is 17.8 Å². The lowest BCUT2D eigenvalue weighted by Gasteiger charge is -2.11. The molecule has 0 fully saturated rings. The molecule has 0 saturated carbocycles. The van der Waals surface area contributed by atoms with Gasteiger partial charge in [0.1, 0.15) is 12.4 Å². The molecule has 5 nitrogen and oxygen atoms in total. The van der Waals surface area contributed by atoms with Crippen molar-refractivity contribution in [3.63, 3.8) is 0 Å². The van der Waals surface area contributed by atoms with Crippen molar-refractivity contribution in [3.05, 3.63) is 40.4 Å². The number of carbonyl (C=O) groups excluding carboxylic acids is 1. The number of rotatable bonds is 7. The van der Waals surface area contributed by atoms with Crippen LogP contribution in [0.25, 0.3) is 0 Å². The van der Waals surface area contributed by atoms with Gasteiger partial charge in [0.2, 0.25) is 0 Å². The Balaban J connectivity index is 1.79. The van der Waals surface area contributed by atoms with Crippen molar-refractivity contribution >= 4 is 22.4 Å². The van der Waals surface area contributed by atoms with E-state index < -0.39 is 5.97 Å². The zero-order valence-electron chi connectivity index (χ0n) is 12.0. The van der Waals surface area contributed by atoms with Crippen molar-refractivity contribution in [3.8, 4) is 5.75 Å². The first kappa shape index (κ1) is 15.3. The van der Waals surface area contributed by atoms with Gasteiger partial charge in [0.25, 0.3) is 0 Å². The maximum atomic E-state index is 10.5. The van der Waals surface area contributed by atoms with Gasteiger partial charge in [-0.2, -0.15) is 0 Å². The second-order valence-corrected chi connectivity index (χ2v) is 5.55. The number of carboxylic acid groups (broad SMARTS) is 1. The molecule has 2 rings (SSSR count). The highest BCUT2D eigenvalue weighted by Crippen LogP contribution is 2.22. The third kappa shape index (κ3) is 4.46. The number of carboxylic acids is 1. The number of nitrogens with one attached hydrogen (secondary N) is 1. The Labute approximate surface area is 127 Å². The van der Waals surface area contributed by atoms with Crippen LogP contribution in [0.5, 0.6) is 5.75 Å². The van der Waals surface area contributed by atoms with Crippen LogP contribution in [-0.4, -0.2) is 24.1 Å². The molecule has 0 aliphatic heterocycles. The number of anilines is 1. The van der Waals surface area contributed by atoms with Gasteiger partial charge in [-0.15, -0.1) is 11.3 Å². The predicted octanol–water partition coefficient (Wildman–Crippen LogP) is 1.54. The molecule has 0 saturated heterocycles. The van der Waals surface area contributed by atoms with Crippen LogP contribution in [0.1, 0.15) is 16.8 Å². The van der Waals surface area contributed by atoms with E-state index in [1.54, 1.807) is 5.38 Å². The smallest absolute Gasteiger partial charge is 0.182 e. The molecule has 0 aliphatic carbocycles. The number of ether oxygens (including phenoxy) is 1. The van der Waals surface area contributed by atoms with Crippen molar-refractivity contribution in [2.75, 3.05) is 18.5 Å². The van der Waals surface area contributed by atoms with E-state index in [1.165, 1.54) is 11.3 Å². The summed E-state index contributed by atoms with van der Waals surface area (Å²) in [4.78, 5) is 14.6. The highest BCUT2D eigenvalue weighted by Gasteiger charge is 2.04. The van der Waals surface area contributed by atoms with Crippen LogP contribution in [0.4, 0.5) is 5.13 Å². The Kier molecular flexibility index (Phi) is 5.16. The molecule has 0 atom stereocenters. The largest absolute Gasteiger partial charge is 0.550 e. The fraction of sp³-hybridized carbons (Fsp3) is 0.333. The molecule has 1 aromatic carbocycles. The molecule has 1 aromatic heterocycles. The summed E-state index contributed by atoms with van der Waals surface area (Å²) >= 11 is 1.38. The van der Waals surface area contributed by atoms with Crippen LogP contribution in [0.3, 0.4) is 0 Å². The zero-order chi connectivity index (χ0) is 15.2. The van der Waals surface area contributed by atoms with Gasteiger partial charge >= 0.3 is 0 Å². The molecular formula is C15H17N2O3S-. The molecule has 112 valence electrons. The third-order valence-electron chi connectivity index (χ3n) is 2.91.